The van der Waals surface area contributed by atoms with E-state index in [1.807, 2.05) is 6.07 Å². The van der Waals surface area contributed by atoms with Gasteiger partial charge < -0.3 is 24.4 Å². The molecule has 2 amide bonds. The quantitative estimate of drug-likeness (QED) is 0.543. The van der Waals surface area contributed by atoms with Crippen molar-refractivity contribution in [2.45, 2.75) is 0 Å². The molecule has 0 radical (unpaired) electrons. The smallest absolute Gasteiger partial charge is 0.325 e. The molecule has 8 nitrogen and oxygen atoms in total. The maximum atomic E-state index is 12.0. The van der Waals surface area contributed by atoms with Crippen LogP contribution in [0.1, 0.15) is 0 Å². The lowest BCUT2D eigenvalue weighted by Gasteiger charge is -2.17. The van der Waals surface area contributed by atoms with Crippen LogP contribution in [-0.2, 0) is 19.1 Å². The van der Waals surface area contributed by atoms with Crippen molar-refractivity contribution in [2.75, 3.05) is 40.0 Å². The van der Waals surface area contributed by atoms with Crippen molar-refractivity contribution in [2.24, 2.45) is 0 Å². The Kier molecular flexibility index (Phi) is 9.47. The summed E-state index contributed by atoms with van der Waals surface area (Å²) in [5.41, 5.74) is 0. The summed E-state index contributed by atoms with van der Waals surface area (Å²) in [6.45, 7) is -0.422. The van der Waals surface area contributed by atoms with E-state index < -0.39 is 18.5 Å². The number of likely N-dealkylation sites (N-methyl/N-ethyl adjacent to an activating group) is 1. The van der Waals surface area contributed by atoms with Gasteiger partial charge in [0.1, 0.15) is 24.7 Å². The van der Waals surface area contributed by atoms with Crippen LogP contribution in [0, 0.1) is 0 Å². The third-order valence-electron chi connectivity index (χ3n) is 3.83. The molecule has 0 aromatic heterocycles. The Labute approximate surface area is 179 Å². The summed E-state index contributed by atoms with van der Waals surface area (Å²) in [7, 11) is 1.57. The first-order chi connectivity index (χ1) is 14.4. The molecule has 0 aliphatic rings. The minimum atomic E-state index is -0.720. The second-order valence-corrected chi connectivity index (χ2v) is 6.59. The molecule has 0 unspecified atom stereocenters. The van der Waals surface area contributed by atoms with Gasteiger partial charge in [0.15, 0.2) is 13.2 Å². The van der Waals surface area contributed by atoms with Gasteiger partial charge in [-0.15, -0.1) is 0 Å². The number of nitrogens with one attached hydrogen (secondary N) is 1. The van der Waals surface area contributed by atoms with Gasteiger partial charge in [-0.1, -0.05) is 29.8 Å². The van der Waals surface area contributed by atoms with E-state index in [1.54, 1.807) is 55.6 Å². The number of hydrogen-bond acceptors (Lipinski definition) is 6. The van der Waals surface area contributed by atoms with Gasteiger partial charge in [0, 0.05) is 12.1 Å². The Balaban J connectivity index is 1.57. The molecular weight excluding hydrogens is 412 g/mol. The molecule has 160 valence electrons. The molecule has 2 aromatic carbocycles. The highest BCUT2D eigenvalue weighted by molar-refractivity contribution is 6.30. The molecule has 2 rings (SSSR count). The molecule has 30 heavy (non-hydrogen) atoms. The summed E-state index contributed by atoms with van der Waals surface area (Å²) >= 11 is 5.80. The van der Waals surface area contributed by atoms with Gasteiger partial charge in [-0.25, -0.2) is 0 Å². The molecule has 1 N–H and O–H groups in total. The summed E-state index contributed by atoms with van der Waals surface area (Å²) in [6, 6.07) is 15.7. The Hall–Kier alpha value is -3.26. The molecule has 0 atom stereocenters. The van der Waals surface area contributed by atoms with Crippen molar-refractivity contribution < 1.29 is 28.6 Å². The van der Waals surface area contributed by atoms with Gasteiger partial charge in [0.2, 0.25) is 0 Å². The standard InChI is InChI=1S/C21H23ClN2O6/c1-24(11-12-28-18-9-7-16(22)8-10-18)20(26)15-30-21(27)13-23-19(25)14-29-17-5-3-2-4-6-17/h2-10H,11-15H2,1H3,(H,23,25). The number of carbonyl (C=O) groups excluding carboxylic acids is 3. The van der Waals surface area contributed by atoms with E-state index >= 15 is 0 Å². The SMILES string of the molecule is CN(CCOc1ccc(Cl)cc1)C(=O)COC(=O)CNC(=O)COc1ccccc1. The van der Waals surface area contributed by atoms with Gasteiger partial charge in [-0.05, 0) is 36.4 Å². The maximum Gasteiger partial charge on any atom is 0.325 e. The van der Waals surface area contributed by atoms with Crippen molar-refractivity contribution >= 4 is 29.4 Å². The third-order valence-corrected chi connectivity index (χ3v) is 4.09. The van der Waals surface area contributed by atoms with Crippen molar-refractivity contribution in [1.82, 2.24) is 10.2 Å². The van der Waals surface area contributed by atoms with Gasteiger partial charge in [-0.3, -0.25) is 14.4 Å². The van der Waals surface area contributed by atoms with Crippen LogP contribution in [0.3, 0.4) is 0 Å². The number of amides is 2. The predicted octanol–water partition coefficient (Wildman–Crippen LogP) is 1.92. The molecule has 0 spiro atoms. The second-order valence-electron chi connectivity index (χ2n) is 6.16. The molecule has 0 bridgehead atoms. The minimum absolute atomic E-state index is 0.230. The third kappa shape index (κ3) is 8.83. The van der Waals surface area contributed by atoms with E-state index in [2.05, 4.69) is 5.32 Å². The topological polar surface area (TPSA) is 94.2 Å². The van der Waals surface area contributed by atoms with Crippen LogP contribution in [0.25, 0.3) is 0 Å². The fourth-order valence-electron chi connectivity index (χ4n) is 2.15. The Morgan fingerprint density at radius 3 is 2.30 bits per heavy atom. The lowest BCUT2D eigenvalue weighted by Crippen LogP contribution is -2.37. The Bertz CT molecular complexity index is 829. The average molecular weight is 435 g/mol. The molecule has 0 heterocycles. The first-order valence-electron chi connectivity index (χ1n) is 9.16. The monoisotopic (exact) mass is 434 g/mol. The predicted molar refractivity (Wildman–Crippen MR) is 110 cm³/mol. The molecule has 9 heteroatoms. The molecule has 0 aliphatic carbocycles. The summed E-state index contributed by atoms with van der Waals surface area (Å²) in [4.78, 5) is 36.8. The van der Waals surface area contributed by atoms with Crippen LogP contribution in [0.4, 0.5) is 0 Å². The number of rotatable bonds is 11. The molecule has 0 fully saturated rings. The van der Waals surface area contributed by atoms with Crippen molar-refractivity contribution in [1.29, 1.82) is 0 Å². The second kappa shape index (κ2) is 12.3. The van der Waals surface area contributed by atoms with Crippen LogP contribution in [0.15, 0.2) is 54.6 Å². The van der Waals surface area contributed by atoms with Gasteiger partial charge in [0.05, 0.1) is 6.54 Å². The maximum absolute atomic E-state index is 12.0. The summed E-state index contributed by atoms with van der Waals surface area (Å²) in [6.07, 6.45) is 0. The summed E-state index contributed by atoms with van der Waals surface area (Å²) < 4.78 is 15.6. The van der Waals surface area contributed by atoms with E-state index in [1.165, 1.54) is 4.90 Å². The summed E-state index contributed by atoms with van der Waals surface area (Å²) in [5, 5.41) is 2.98. The first-order valence-corrected chi connectivity index (χ1v) is 9.54. The van der Waals surface area contributed by atoms with Crippen LogP contribution in [-0.4, -0.2) is 62.6 Å². The zero-order valence-corrected chi connectivity index (χ0v) is 17.3. The molecule has 0 aliphatic heterocycles. The number of carbonyl (C=O) groups is 3. The minimum Gasteiger partial charge on any atom is -0.492 e. The lowest BCUT2D eigenvalue weighted by molar-refractivity contribution is -0.151. The van der Waals surface area contributed by atoms with E-state index in [0.717, 1.165) is 0 Å². The van der Waals surface area contributed by atoms with Crippen LogP contribution in [0.5, 0.6) is 11.5 Å². The number of nitrogens with zero attached hydrogens (tertiary/aromatic N) is 1. The summed E-state index contributed by atoms with van der Waals surface area (Å²) in [5.74, 6) is -0.398. The largest absolute Gasteiger partial charge is 0.492 e. The van der Waals surface area contributed by atoms with E-state index in [0.29, 0.717) is 23.1 Å². The first kappa shape index (κ1) is 23.0. The van der Waals surface area contributed by atoms with Crippen molar-refractivity contribution in [3.8, 4) is 11.5 Å². The fourth-order valence-corrected chi connectivity index (χ4v) is 2.27. The number of para-hydroxylation sites is 1. The number of benzene rings is 2. The van der Waals surface area contributed by atoms with E-state index in [4.69, 9.17) is 25.8 Å². The zero-order chi connectivity index (χ0) is 21.8. The average Bonchev–Trinajstić information content (AvgIpc) is 2.76. The highest BCUT2D eigenvalue weighted by atomic mass is 35.5. The van der Waals surface area contributed by atoms with Crippen molar-refractivity contribution in [3.63, 3.8) is 0 Å². The molecule has 2 aromatic rings. The lowest BCUT2D eigenvalue weighted by atomic mass is 10.3. The molecule has 0 saturated carbocycles. The highest BCUT2D eigenvalue weighted by Crippen LogP contribution is 2.15. The number of halogens is 1. The van der Waals surface area contributed by atoms with Crippen LogP contribution in [0.2, 0.25) is 5.02 Å². The highest BCUT2D eigenvalue weighted by Gasteiger charge is 2.13. The van der Waals surface area contributed by atoms with Gasteiger partial charge in [0.25, 0.3) is 11.8 Å². The Morgan fingerprint density at radius 2 is 1.60 bits per heavy atom. The normalized spacial score (nSPS) is 10.1. The number of esters is 1. The van der Waals surface area contributed by atoms with Crippen molar-refractivity contribution in [3.05, 3.63) is 59.6 Å². The van der Waals surface area contributed by atoms with Crippen LogP contribution < -0.4 is 14.8 Å². The van der Waals surface area contributed by atoms with E-state index in [-0.39, 0.29) is 25.7 Å². The molecular formula is C21H23ClN2O6. The number of ether oxygens (including phenoxy) is 3. The fraction of sp³-hybridized carbons (Fsp3) is 0.286. The number of hydrogen-bond donors (Lipinski definition) is 1. The van der Waals surface area contributed by atoms with Gasteiger partial charge >= 0.3 is 5.97 Å². The van der Waals surface area contributed by atoms with Gasteiger partial charge in [-0.2, -0.15) is 0 Å². The van der Waals surface area contributed by atoms with E-state index in [9.17, 15) is 14.4 Å². The van der Waals surface area contributed by atoms with Crippen LogP contribution >= 0.6 is 11.6 Å². The zero-order valence-electron chi connectivity index (χ0n) is 16.5. The molecule has 0 saturated heterocycles. The Morgan fingerprint density at radius 1 is 0.933 bits per heavy atom.